The maximum Gasteiger partial charge on any atom is 0.135 e. The van der Waals surface area contributed by atoms with Gasteiger partial charge < -0.3 is 9.88 Å². The Kier molecular flexibility index (Phi) is 5.19. The van der Waals surface area contributed by atoms with Gasteiger partial charge in [-0.2, -0.15) is 5.10 Å². The summed E-state index contributed by atoms with van der Waals surface area (Å²) in [6, 6.07) is 19.0. The third kappa shape index (κ3) is 3.80. The molecule has 5 aromatic heterocycles. The van der Waals surface area contributed by atoms with Crippen molar-refractivity contribution < 1.29 is 0 Å². The molecule has 7 heteroatoms. The van der Waals surface area contributed by atoms with Crippen molar-refractivity contribution in [1.82, 2.24) is 25.1 Å². The summed E-state index contributed by atoms with van der Waals surface area (Å²) in [5, 5.41) is 8.94. The van der Waals surface area contributed by atoms with E-state index >= 15 is 0 Å². The lowest BCUT2D eigenvalue weighted by Crippen LogP contribution is -2.16. The summed E-state index contributed by atoms with van der Waals surface area (Å²) in [5.74, 6) is 0. The average Bonchev–Trinajstić information content (AvgIpc) is 3.61. The van der Waals surface area contributed by atoms with Crippen LogP contribution in [0, 0.1) is 6.92 Å². The molecule has 0 aliphatic heterocycles. The molecular weight excluding hydrogens is 452 g/mol. The van der Waals surface area contributed by atoms with Crippen molar-refractivity contribution in [2.24, 2.45) is 0 Å². The van der Waals surface area contributed by atoms with Crippen LogP contribution in [0.4, 0.5) is 5.69 Å². The first-order valence-electron chi connectivity index (χ1n) is 11.4. The zero-order chi connectivity index (χ0) is 23.9. The van der Waals surface area contributed by atoms with Gasteiger partial charge in [0.05, 0.1) is 28.8 Å². The highest BCUT2D eigenvalue weighted by molar-refractivity contribution is 7.15. The molecule has 0 aliphatic rings. The first-order chi connectivity index (χ1) is 17.1. The summed E-state index contributed by atoms with van der Waals surface area (Å²) >= 11 is 1.81. The fourth-order valence-electron chi connectivity index (χ4n) is 4.40. The Labute approximate surface area is 207 Å². The molecule has 172 valence electrons. The number of rotatable bonds is 6. The quantitative estimate of drug-likeness (QED) is 0.259. The van der Waals surface area contributed by atoms with Gasteiger partial charge in [-0.1, -0.05) is 18.2 Å². The Morgan fingerprint density at radius 1 is 1.06 bits per heavy atom. The standard InChI is InChI=1S/C28H24N6S/c1-4-12-34(3)19-13-18(15-29-16-19)22-9-10-24-27(31-22)28(33-32-24)25-14-21-20(6-5-7-23(21)30-25)26-11-8-17(2)35-26/h4-11,13-16,30H,1,12H2,2-3H3,(H,32,33). The Morgan fingerprint density at radius 2 is 1.97 bits per heavy atom. The van der Waals surface area contributed by atoms with E-state index in [1.807, 2.05) is 49.0 Å². The first kappa shape index (κ1) is 21.3. The van der Waals surface area contributed by atoms with Gasteiger partial charge in [0.25, 0.3) is 0 Å². The minimum Gasteiger partial charge on any atom is -0.370 e. The van der Waals surface area contributed by atoms with Crippen molar-refractivity contribution >= 4 is 39.0 Å². The van der Waals surface area contributed by atoms with E-state index < -0.39 is 0 Å². The zero-order valence-electron chi connectivity index (χ0n) is 19.5. The summed E-state index contributed by atoms with van der Waals surface area (Å²) in [4.78, 5) is 17.7. The van der Waals surface area contributed by atoms with Crippen molar-refractivity contribution in [1.29, 1.82) is 0 Å². The van der Waals surface area contributed by atoms with E-state index in [0.717, 1.165) is 51.4 Å². The van der Waals surface area contributed by atoms with Crippen LogP contribution in [0.25, 0.3) is 55.0 Å². The maximum absolute atomic E-state index is 4.99. The molecule has 6 rings (SSSR count). The molecular formula is C28H24N6S. The predicted octanol–water partition coefficient (Wildman–Crippen LogP) is 6.83. The number of H-pyrrole nitrogens is 2. The number of thiophene rings is 1. The molecule has 0 atom stereocenters. The van der Waals surface area contributed by atoms with Crippen LogP contribution in [-0.2, 0) is 0 Å². The minimum atomic E-state index is 0.747. The molecule has 0 radical (unpaired) electrons. The molecule has 6 nitrogen and oxygen atoms in total. The smallest absolute Gasteiger partial charge is 0.135 e. The molecule has 35 heavy (non-hydrogen) atoms. The largest absolute Gasteiger partial charge is 0.370 e. The number of nitrogens with zero attached hydrogens (tertiary/aromatic N) is 4. The summed E-state index contributed by atoms with van der Waals surface area (Å²) in [6.45, 7) is 6.71. The first-order valence-corrected chi connectivity index (χ1v) is 12.2. The van der Waals surface area contributed by atoms with Gasteiger partial charge in [0.2, 0.25) is 0 Å². The molecule has 0 fully saturated rings. The molecule has 2 N–H and O–H groups in total. The molecule has 0 saturated heterocycles. The second-order valence-corrected chi connectivity index (χ2v) is 9.91. The van der Waals surface area contributed by atoms with Crippen molar-refractivity contribution in [3.8, 4) is 33.1 Å². The van der Waals surface area contributed by atoms with Crippen LogP contribution in [0.15, 0.2) is 79.6 Å². The van der Waals surface area contributed by atoms with E-state index in [-0.39, 0.29) is 0 Å². The Morgan fingerprint density at radius 3 is 2.80 bits per heavy atom. The number of hydrogen-bond donors (Lipinski definition) is 2. The fraction of sp³-hybridized carbons (Fsp3) is 0.107. The van der Waals surface area contributed by atoms with Gasteiger partial charge in [-0.15, -0.1) is 17.9 Å². The van der Waals surface area contributed by atoms with E-state index in [2.05, 4.69) is 81.0 Å². The number of likely N-dealkylation sites (N-methyl/N-ethyl adjacent to an activating group) is 1. The van der Waals surface area contributed by atoms with Crippen LogP contribution in [0.5, 0.6) is 0 Å². The van der Waals surface area contributed by atoms with Gasteiger partial charge in [-0.25, -0.2) is 4.98 Å². The van der Waals surface area contributed by atoms with E-state index in [4.69, 9.17) is 4.98 Å². The molecule has 0 saturated carbocycles. The number of fused-ring (bicyclic) bond motifs is 2. The van der Waals surface area contributed by atoms with Gasteiger partial charge in [-0.05, 0) is 49.4 Å². The number of aryl methyl sites for hydroxylation is 1. The molecule has 0 aliphatic carbocycles. The number of nitrogens with one attached hydrogen (secondary N) is 2. The van der Waals surface area contributed by atoms with Gasteiger partial charge in [-0.3, -0.25) is 10.1 Å². The van der Waals surface area contributed by atoms with Crippen molar-refractivity contribution in [2.45, 2.75) is 6.92 Å². The fourth-order valence-corrected chi connectivity index (χ4v) is 5.31. The molecule has 0 unspecified atom stereocenters. The van der Waals surface area contributed by atoms with Crippen LogP contribution in [0.1, 0.15) is 4.88 Å². The van der Waals surface area contributed by atoms with Crippen LogP contribution in [-0.4, -0.2) is 38.7 Å². The minimum absolute atomic E-state index is 0.747. The van der Waals surface area contributed by atoms with Gasteiger partial charge in [0, 0.05) is 51.6 Å². The van der Waals surface area contributed by atoms with Crippen molar-refractivity contribution in [3.05, 3.63) is 84.5 Å². The Hall–Kier alpha value is -4.23. The SMILES string of the molecule is C=CCN(C)c1cncc(-c2ccc3[nH]nc(-c4cc5c(-c6ccc(C)s6)cccc5[nH]4)c3n2)c1. The lowest BCUT2D eigenvalue weighted by molar-refractivity contribution is 1.02. The summed E-state index contributed by atoms with van der Waals surface area (Å²) < 4.78 is 0. The molecule has 0 bridgehead atoms. The number of aromatic amines is 2. The van der Waals surface area contributed by atoms with Crippen molar-refractivity contribution in [2.75, 3.05) is 18.5 Å². The average molecular weight is 477 g/mol. The molecule has 1 aromatic carbocycles. The van der Waals surface area contributed by atoms with E-state index in [0.29, 0.717) is 0 Å². The number of hydrogen-bond acceptors (Lipinski definition) is 5. The summed E-state index contributed by atoms with van der Waals surface area (Å²) in [7, 11) is 2.02. The van der Waals surface area contributed by atoms with Gasteiger partial charge in [0.1, 0.15) is 11.2 Å². The van der Waals surface area contributed by atoms with E-state index in [1.165, 1.54) is 20.7 Å². The molecule has 6 aromatic rings. The topological polar surface area (TPSA) is 73.5 Å². The zero-order valence-corrected chi connectivity index (χ0v) is 20.4. The highest BCUT2D eigenvalue weighted by Crippen LogP contribution is 2.36. The van der Waals surface area contributed by atoms with Gasteiger partial charge >= 0.3 is 0 Å². The lowest BCUT2D eigenvalue weighted by Gasteiger charge is -2.17. The molecule has 0 spiro atoms. The second-order valence-electron chi connectivity index (χ2n) is 8.63. The van der Waals surface area contributed by atoms with E-state index in [1.54, 1.807) is 0 Å². The lowest BCUT2D eigenvalue weighted by atomic mass is 10.1. The number of anilines is 1. The van der Waals surface area contributed by atoms with Crippen LogP contribution < -0.4 is 4.90 Å². The molecule has 5 heterocycles. The number of aromatic nitrogens is 5. The third-order valence-electron chi connectivity index (χ3n) is 6.20. The van der Waals surface area contributed by atoms with E-state index in [9.17, 15) is 0 Å². The van der Waals surface area contributed by atoms with Crippen LogP contribution >= 0.6 is 11.3 Å². The van der Waals surface area contributed by atoms with Crippen LogP contribution in [0.2, 0.25) is 0 Å². The third-order valence-corrected chi connectivity index (χ3v) is 7.23. The van der Waals surface area contributed by atoms with Gasteiger partial charge in [0.15, 0.2) is 0 Å². The second kappa shape index (κ2) is 8.52. The summed E-state index contributed by atoms with van der Waals surface area (Å²) in [5.41, 5.74) is 8.60. The summed E-state index contributed by atoms with van der Waals surface area (Å²) in [6.07, 6.45) is 5.57. The van der Waals surface area contributed by atoms with Crippen LogP contribution in [0.3, 0.4) is 0 Å². The predicted molar refractivity (Wildman–Crippen MR) is 146 cm³/mol. The number of benzene rings is 1. The number of pyridine rings is 2. The maximum atomic E-state index is 4.99. The molecule has 0 amide bonds. The highest BCUT2D eigenvalue weighted by Gasteiger charge is 2.16. The van der Waals surface area contributed by atoms with Crippen molar-refractivity contribution in [3.63, 3.8) is 0 Å². The monoisotopic (exact) mass is 476 g/mol. The highest BCUT2D eigenvalue weighted by atomic mass is 32.1. The Bertz CT molecular complexity index is 1690. The normalized spacial score (nSPS) is 11.4. The Balaban J connectivity index is 1.44.